The molecule has 1 nitrogen and oxygen atoms in total. The van der Waals surface area contributed by atoms with E-state index in [2.05, 4.69) is 76.3 Å². The highest BCUT2D eigenvalue weighted by molar-refractivity contribution is 14.1. The average molecular weight is 429 g/mol. The van der Waals surface area contributed by atoms with Crippen molar-refractivity contribution in [3.63, 3.8) is 0 Å². The number of rotatable bonds is 9. The molecule has 2 unspecified atom stereocenters. The van der Waals surface area contributed by atoms with Crippen molar-refractivity contribution in [2.75, 3.05) is 0 Å². The van der Waals surface area contributed by atoms with E-state index in [1.54, 1.807) is 6.21 Å². The third-order valence-corrected chi connectivity index (χ3v) is 6.95. The first-order valence-corrected chi connectivity index (χ1v) is 10.6. The van der Waals surface area contributed by atoms with E-state index in [0.29, 0.717) is 5.92 Å². The molecule has 4 atom stereocenters. The molecule has 0 fully saturated rings. The summed E-state index contributed by atoms with van der Waals surface area (Å²) in [5.74, 6) is 1.67. The summed E-state index contributed by atoms with van der Waals surface area (Å²) in [4.78, 5) is 0. The Labute approximate surface area is 158 Å². The van der Waals surface area contributed by atoms with E-state index >= 15 is 0 Å². The normalized spacial score (nSPS) is 24.4. The first-order chi connectivity index (χ1) is 10.8. The molecule has 0 heterocycles. The predicted molar refractivity (Wildman–Crippen MR) is 113 cm³/mol. The Balaban J connectivity index is 2.84. The van der Waals surface area contributed by atoms with Crippen LogP contribution in [-0.4, -0.2) is 10.1 Å². The second-order valence-corrected chi connectivity index (χ2v) is 9.93. The molecule has 0 aromatic rings. The maximum absolute atomic E-state index is 8.01. The fourth-order valence-electron chi connectivity index (χ4n) is 3.96. The van der Waals surface area contributed by atoms with Crippen LogP contribution in [-0.2, 0) is 0 Å². The molecule has 0 saturated heterocycles. The van der Waals surface area contributed by atoms with Crippen LogP contribution in [0.4, 0.5) is 0 Å². The first-order valence-electron chi connectivity index (χ1n) is 9.31. The summed E-state index contributed by atoms with van der Waals surface area (Å²) in [5.41, 5.74) is 3.08. The van der Waals surface area contributed by atoms with Gasteiger partial charge in [-0.2, -0.15) is 0 Å². The Morgan fingerprint density at radius 2 is 1.87 bits per heavy atom. The van der Waals surface area contributed by atoms with Crippen LogP contribution in [0.15, 0.2) is 23.3 Å². The van der Waals surface area contributed by atoms with Crippen LogP contribution in [0.5, 0.6) is 0 Å². The monoisotopic (exact) mass is 429 g/mol. The molecular weight excluding hydrogens is 393 g/mol. The molecule has 1 N–H and O–H groups in total. The van der Waals surface area contributed by atoms with E-state index in [0.717, 1.165) is 16.3 Å². The molecule has 0 spiro atoms. The van der Waals surface area contributed by atoms with Gasteiger partial charge in [0.25, 0.3) is 0 Å². The zero-order valence-corrected chi connectivity index (χ0v) is 18.1. The molecule has 0 bridgehead atoms. The minimum Gasteiger partial charge on any atom is -0.312 e. The number of hydrogen-bond acceptors (Lipinski definition) is 1. The molecule has 0 amide bonds. The second kappa shape index (κ2) is 9.39. The van der Waals surface area contributed by atoms with Gasteiger partial charge in [-0.05, 0) is 42.9 Å². The van der Waals surface area contributed by atoms with Crippen LogP contribution >= 0.6 is 22.6 Å². The lowest BCUT2D eigenvalue weighted by Gasteiger charge is -2.41. The highest BCUT2D eigenvalue weighted by Crippen LogP contribution is 2.46. The smallest absolute Gasteiger partial charge is 0.0237 e. The lowest BCUT2D eigenvalue weighted by molar-refractivity contribution is 0.324. The first kappa shape index (κ1) is 20.9. The molecule has 0 aromatic carbocycles. The number of allylic oxidation sites excluding steroid dienone is 4. The van der Waals surface area contributed by atoms with E-state index in [-0.39, 0.29) is 11.3 Å². The van der Waals surface area contributed by atoms with Crippen LogP contribution < -0.4 is 0 Å². The average Bonchev–Trinajstić information content (AvgIpc) is 2.46. The summed E-state index contributed by atoms with van der Waals surface area (Å²) in [6, 6.07) is 0. The quantitative estimate of drug-likeness (QED) is 0.227. The SMILES string of the molecule is CCC[C@H](C)C1=CC=C(CCC[C@H](C)C(C)I)C(C=N)C1(C)C. The zero-order chi connectivity index (χ0) is 17.6. The Kier molecular flexibility index (Phi) is 8.54. The molecule has 1 rings (SSSR count). The van der Waals surface area contributed by atoms with E-state index in [9.17, 15) is 0 Å². The number of nitrogens with one attached hydrogen (secondary N) is 1. The van der Waals surface area contributed by atoms with Crippen LogP contribution in [0.25, 0.3) is 0 Å². The van der Waals surface area contributed by atoms with Gasteiger partial charge < -0.3 is 5.41 Å². The van der Waals surface area contributed by atoms with E-state index in [1.807, 2.05) is 0 Å². The molecule has 0 aliphatic heterocycles. The third-order valence-electron chi connectivity index (χ3n) is 5.73. The largest absolute Gasteiger partial charge is 0.312 e. The predicted octanol–water partition coefficient (Wildman–Crippen LogP) is 7.21. The second-order valence-electron chi connectivity index (χ2n) is 7.97. The van der Waals surface area contributed by atoms with Crippen molar-refractivity contribution in [3.8, 4) is 0 Å². The van der Waals surface area contributed by atoms with Crippen molar-refractivity contribution in [1.29, 1.82) is 5.41 Å². The number of hydrogen-bond donors (Lipinski definition) is 1. The topological polar surface area (TPSA) is 23.9 Å². The van der Waals surface area contributed by atoms with E-state index in [4.69, 9.17) is 5.41 Å². The summed E-state index contributed by atoms with van der Waals surface area (Å²) >= 11 is 2.54. The van der Waals surface area contributed by atoms with E-state index < -0.39 is 0 Å². The third kappa shape index (κ3) is 5.44. The molecule has 0 aromatic heterocycles. The molecule has 1 aliphatic carbocycles. The highest BCUT2D eigenvalue weighted by atomic mass is 127. The van der Waals surface area contributed by atoms with Gasteiger partial charge in [-0.1, -0.05) is 93.9 Å². The minimum absolute atomic E-state index is 0.0859. The zero-order valence-electron chi connectivity index (χ0n) is 16.0. The van der Waals surface area contributed by atoms with Gasteiger partial charge in [0.1, 0.15) is 0 Å². The van der Waals surface area contributed by atoms with Crippen molar-refractivity contribution in [3.05, 3.63) is 23.3 Å². The number of halogens is 1. The van der Waals surface area contributed by atoms with Crippen LogP contribution in [0.1, 0.15) is 73.6 Å². The van der Waals surface area contributed by atoms with Gasteiger partial charge in [0.2, 0.25) is 0 Å². The molecule has 0 saturated carbocycles. The lowest BCUT2D eigenvalue weighted by Crippen LogP contribution is -2.33. The Morgan fingerprint density at radius 1 is 1.22 bits per heavy atom. The van der Waals surface area contributed by atoms with Crippen molar-refractivity contribution in [1.82, 2.24) is 0 Å². The van der Waals surface area contributed by atoms with Gasteiger partial charge in [0.15, 0.2) is 0 Å². The summed E-state index contributed by atoms with van der Waals surface area (Å²) in [6.07, 6.45) is 12.6. The fraction of sp³-hybridized carbons (Fsp3) is 0.762. The molecular formula is C21H36IN. The molecule has 23 heavy (non-hydrogen) atoms. The maximum atomic E-state index is 8.01. The van der Waals surface area contributed by atoms with Crippen molar-refractivity contribution < 1.29 is 0 Å². The van der Waals surface area contributed by atoms with Crippen molar-refractivity contribution in [2.45, 2.75) is 77.6 Å². The molecule has 1 aliphatic rings. The number of alkyl halides is 1. The van der Waals surface area contributed by atoms with Crippen molar-refractivity contribution >= 4 is 28.8 Å². The van der Waals surface area contributed by atoms with Gasteiger partial charge >= 0.3 is 0 Å². The Hall–Kier alpha value is -0.120. The summed E-state index contributed by atoms with van der Waals surface area (Å²) in [5, 5.41) is 8.01. The van der Waals surface area contributed by atoms with E-state index in [1.165, 1.54) is 36.8 Å². The minimum atomic E-state index is 0.0859. The standard InChI is InChI=1S/C21H36IN/c1-7-9-16(3)19-13-12-18(20(14-23)21(19,5)6)11-8-10-15(2)17(4)22/h12-17,20,23H,7-11H2,1-6H3/t15-,16-,17?,20?/m0/s1. The summed E-state index contributed by atoms with van der Waals surface area (Å²) in [7, 11) is 0. The van der Waals surface area contributed by atoms with Gasteiger partial charge in [-0.15, -0.1) is 0 Å². The highest BCUT2D eigenvalue weighted by Gasteiger charge is 2.37. The van der Waals surface area contributed by atoms with Crippen LogP contribution in [0, 0.1) is 28.6 Å². The Morgan fingerprint density at radius 3 is 2.39 bits per heavy atom. The lowest BCUT2D eigenvalue weighted by atomic mass is 9.63. The van der Waals surface area contributed by atoms with Gasteiger partial charge in [0, 0.05) is 16.1 Å². The van der Waals surface area contributed by atoms with Gasteiger partial charge in [-0.3, -0.25) is 0 Å². The molecule has 0 radical (unpaired) electrons. The fourth-order valence-corrected chi connectivity index (χ4v) is 4.32. The van der Waals surface area contributed by atoms with Gasteiger partial charge in [0.05, 0.1) is 0 Å². The van der Waals surface area contributed by atoms with Gasteiger partial charge in [-0.25, -0.2) is 0 Å². The Bertz CT molecular complexity index is 445. The summed E-state index contributed by atoms with van der Waals surface area (Å²) in [6.45, 7) is 13.9. The van der Waals surface area contributed by atoms with Crippen LogP contribution in [0.3, 0.4) is 0 Å². The molecule has 132 valence electrons. The van der Waals surface area contributed by atoms with Crippen LogP contribution in [0.2, 0.25) is 0 Å². The molecule has 2 heteroatoms. The summed E-state index contributed by atoms with van der Waals surface area (Å²) < 4.78 is 0.740. The van der Waals surface area contributed by atoms with Crippen molar-refractivity contribution in [2.24, 2.45) is 23.2 Å². The maximum Gasteiger partial charge on any atom is 0.0237 e.